The van der Waals surface area contributed by atoms with E-state index in [4.69, 9.17) is 10.1 Å². The Morgan fingerprint density at radius 2 is 0.898 bits per heavy atom. The van der Waals surface area contributed by atoms with Gasteiger partial charge in [0.1, 0.15) is 11.6 Å². The molecule has 0 spiro atoms. The maximum absolute atomic E-state index is 12.9. The van der Waals surface area contributed by atoms with Crippen LogP contribution in [0.1, 0.15) is 69.9 Å². The summed E-state index contributed by atoms with van der Waals surface area (Å²) in [6.45, 7) is 3.76. The molecule has 0 unspecified atom stereocenters. The lowest BCUT2D eigenvalue weighted by Crippen LogP contribution is -2.38. The molecule has 296 valence electrons. The molecular formula is C50H48N6O3. The third-order valence-electron chi connectivity index (χ3n) is 11.2. The highest BCUT2D eigenvalue weighted by Gasteiger charge is 2.26. The van der Waals surface area contributed by atoms with Gasteiger partial charge in [-0.3, -0.25) is 4.79 Å². The van der Waals surface area contributed by atoms with E-state index in [1.165, 1.54) is 12.8 Å². The Morgan fingerprint density at radius 3 is 1.36 bits per heavy atom. The van der Waals surface area contributed by atoms with Crippen LogP contribution in [0.15, 0.2) is 158 Å². The van der Waals surface area contributed by atoms with Gasteiger partial charge in [-0.05, 0) is 110 Å². The van der Waals surface area contributed by atoms with E-state index in [1.54, 1.807) is 12.1 Å². The number of fused-ring (bicyclic) bond motifs is 2. The number of rotatable bonds is 6. The van der Waals surface area contributed by atoms with Gasteiger partial charge >= 0.3 is 5.97 Å². The number of carbonyl (C=O) groups is 2. The maximum atomic E-state index is 12.9. The van der Waals surface area contributed by atoms with Crippen LogP contribution < -0.4 is 5.32 Å². The third kappa shape index (κ3) is 9.66. The Morgan fingerprint density at radius 1 is 0.492 bits per heavy atom. The molecule has 9 nitrogen and oxygen atoms in total. The number of aromatic nitrogens is 4. The van der Waals surface area contributed by atoms with Crippen molar-refractivity contribution in [3.8, 4) is 22.3 Å². The van der Waals surface area contributed by atoms with Crippen molar-refractivity contribution in [2.75, 3.05) is 26.2 Å². The Hall–Kier alpha value is -6.84. The van der Waals surface area contributed by atoms with Crippen LogP contribution in [-0.2, 0) is 0 Å². The maximum Gasteiger partial charge on any atom is 0.335 e. The number of aromatic amines is 2. The number of nitrogens with one attached hydrogen (secondary N) is 3. The molecule has 10 rings (SSSR count). The highest BCUT2D eigenvalue weighted by atomic mass is 16.4. The Balaban J connectivity index is 0.000000136. The first-order valence-corrected chi connectivity index (χ1v) is 20.4. The zero-order valence-corrected chi connectivity index (χ0v) is 32.9. The molecule has 4 heterocycles. The van der Waals surface area contributed by atoms with E-state index >= 15 is 0 Å². The van der Waals surface area contributed by atoms with Crippen molar-refractivity contribution in [2.45, 2.75) is 37.5 Å². The average Bonchev–Trinajstić information content (AvgIpc) is 3.96. The fourth-order valence-corrected chi connectivity index (χ4v) is 7.84. The molecule has 6 aromatic carbocycles. The summed E-state index contributed by atoms with van der Waals surface area (Å²) >= 11 is 0. The zero-order chi connectivity index (χ0) is 40.4. The molecule has 0 atom stereocenters. The molecular weight excluding hydrogens is 733 g/mol. The van der Waals surface area contributed by atoms with Gasteiger partial charge in [0.2, 0.25) is 0 Å². The summed E-state index contributed by atoms with van der Waals surface area (Å²) in [7, 11) is 0. The molecule has 2 saturated heterocycles. The molecule has 8 aromatic rings. The van der Waals surface area contributed by atoms with Crippen LogP contribution >= 0.6 is 0 Å². The van der Waals surface area contributed by atoms with Crippen LogP contribution in [0.3, 0.4) is 0 Å². The molecule has 59 heavy (non-hydrogen) atoms. The Labute approximate surface area is 344 Å². The van der Waals surface area contributed by atoms with Crippen LogP contribution in [0, 0.1) is 0 Å². The van der Waals surface area contributed by atoms with Gasteiger partial charge in [0.05, 0.1) is 27.6 Å². The number of benzene rings is 6. The molecule has 0 bridgehead atoms. The number of H-pyrrole nitrogens is 2. The second-order valence-corrected chi connectivity index (χ2v) is 15.1. The fourth-order valence-electron chi connectivity index (χ4n) is 7.84. The quantitative estimate of drug-likeness (QED) is 0.133. The number of imidazole rings is 2. The average molecular weight is 781 g/mol. The largest absolute Gasteiger partial charge is 0.478 e. The van der Waals surface area contributed by atoms with Crippen LogP contribution in [0.2, 0.25) is 0 Å². The van der Waals surface area contributed by atoms with Crippen molar-refractivity contribution in [1.82, 2.24) is 30.2 Å². The number of para-hydroxylation sites is 4. The van der Waals surface area contributed by atoms with Crippen molar-refractivity contribution in [3.05, 3.63) is 181 Å². The third-order valence-corrected chi connectivity index (χ3v) is 11.2. The summed E-state index contributed by atoms with van der Waals surface area (Å²) in [4.78, 5) is 41.8. The summed E-state index contributed by atoms with van der Waals surface area (Å²) in [5.74, 6) is 2.43. The number of piperidine rings is 2. The van der Waals surface area contributed by atoms with Crippen molar-refractivity contribution < 1.29 is 14.7 Å². The van der Waals surface area contributed by atoms with Gasteiger partial charge in [-0.25, -0.2) is 14.8 Å². The van der Waals surface area contributed by atoms with Crippen LogP contribution in [0.5, 0.6) is 0 Å². The lowest BCUT2D eigenvalue weighted by Gasteiger charge is -2.31. The highest BCUT2D eigenvalue weighted by molar-refractivity contribution is 5.95. The molecule has 1 amide bonds. The van der Waals surface area contributed by atoms with Gasteiger partial charge in [0.15, 0.2) is 0 Å². The zero-order valence-electron chi connectivity index (χ0n) is 32.9. The normalized spacial score (nSPS) is 14.5. The Kier molecular flexibility index (Phi) is 12.3. The molecule has 9 heteroatoms. The van der Waals surface area contributed by atoms with Crippen LogP contribution in [-0.4, -0.2) is 68.0 Å². The lowest BCUT2D eigenvalue weighted by atomic mass is 9.95. The first-order valence-electron chi connectivity index (χ1n) is 20.4. The topological polar surface area (TPSA) is 127 Å². The molecule has 2 fully saturated rings. The summed E-state index contributed by atoms with van der Waals surface area (Å²) in [5.41, 5.74) is 9.83. The number of hydrogen-bond acceptors (Lipinski definition) is 5. The van der Waals surface area contributed by atoms with Crippen molar-refractivity contribution >= 4 is 33.9 Å². The molecule has 0 aliphatic carbocycles. The molecule has 0 saturated carbocycles. The van der Waals surface area contributed by atoms with Crippen molar-refractivity contribution in [1.29, 1.82) is 0 Å². The van der Waals surface area contributed by atoms with Crippen molar-refractivity contribution in [2.24, 2.45) is 0 Å². The van der Waals surface area contributed by atoms with Crippen molar-refractivity contribution in [3.63, 3.8) is 0 Å². The second-order valence-electron chi connectivity index (χ2n) is 15.1. The summed E-state index contributed by atoms with van der Waals surface area (Å²) < 4.78 is 0. The predicted octanol–water partition coefficient (Wildman–Crippen LogP) is 10.3. The molecule has 2 aliphatic heterocycles. The fraction of sp³-hybridized carbons (Fsp3) is 0.200. The standard InChI is InChI=1S/C25H23N3O.C13H10O2.C12H15N3/c29-25(21-12-10-19(11-13-21)18-6-2-1-3-7-18)28-16-14-20(15-17-28)24-26-22-8-4-5-9-23(22)27-24;14-13(15)12-8-6-11(7-9-12)10-4-2-1-3-5-10;1-2-4-11-10(3-1)14-12(15-11)9-5-7-13-8-6-9/h1-13,20H,14-17H2,(H,26,27);1-9H,(H,14,15);1-4,9,13H,5-8H2,(H,14,15). The van der Waals surface area contributed by atoms with E-state index in [1.807, 2.05) is 120 Å². The summed E-state index contributed by atoms with van der Waals surface area (Å²) in [6, 6.07) is 51.3. The molecule has 0 radical (unpaired) electrons. The van der Waals surface area contributed by atoms with Crippen LogP contribution in [0.4, 0.5) is 0 Å². The number of hydrogen-bond donors (Lipinski definition) is 4. The number of nitrogens with zero attached hydrogens (tertiary/aromatic N) is 3. The first-order chi connectivity index (χ1) is 29.0. The SMILES string of the molecule is O=C(O)c1ccc(-c2ccccc2)cc1.O=C(c1ccc(-c2ccccc2)cc1)N1CCC(c2nc3ccccc3[nH]2)CC1.c1ccc2[nH]c(C3CCNCC3)nc2c1. The van der Waals surface area contributed by atoms with Gasteiger partial charge in [-0.15, -0.1) is 0 Å². The summed E-state index contributed by atoms with van der Waals surface area (Å²) in [6.07, 6.45) is 4.26. The minimum atomic E-state index is -0.894. The van der Waals surface area contributed by atoms with E-state index in [0.717, 1.165) is 101 Å². The van der Waals surface area contributed by atoms with Gasteiger partial charge in [-0.1, -0.05) is 109 Å². The van der Waals surface area contributed by atoms with Gasteiger partial charge in [-0.2, -0.15) is 0 Å². The number of aromatic carboxylic acids is 1. The van der Waals surface area contributed by atoms with E-state index in [9.17, 15) is 9.59 Å². The minimum absolute atomic E-state index is 0.118. The Bertz CT molecular complexity index is 2520. The smallest absolute Gasteiger partial charge is 0.335 e. The molecule has 4 N–H and O–H groups in total. The molecule has 2 aromatic heterocycles. The minimum Gasteiger partial charge on any atom is -0.478 e. The lowest BCUT2D eigenvalue weighted by molar-refractivity contribution is 0.0692. The van der Waals surface area contributed by atoms with Gasteiger partial charge < -0.3 is 25.3 Å². The van der Waals surface area contributed by atoms with Gasteiger partial charge in [0.25, 0.3) is 5.91 Å². The van der Waals surface area contributed by atoms with E-state index in [-0.39, 0.29) is 5.91 Å². The van der Waals surface area contributed by atoms with Gasteiger partial charge in [0, 0.05) is 30.5 Å². The summed E-state index contributed by atoms with van der Waals surface area (Å²) in [5, 5.41) is 12.1. The van der Waals surface area contributed by atoms with Crippen LogP contribution in [0.25, 0.3) is 44.3 Å². The highest BCUT2D eigenvalue weighted by Crippen LogP contribution is 2.29. The number of amides is 1. The number of likely N-dealkylation sites (tertiary alicyclic amines) is 1. The van der Waals surface area contributed by atoms with E-state index < -0.39 is 5.97 Å². The monoisotopic (exact) mass is 780 g/mol. The van der Waals surface area contributed by atoms with E-state index in [2.05, 4.69) is 50.6 Å². The first kappa shape index (κ1) is 39.0. The predicted molar refractivity (Wildman–Crippen MR) is 236 cm³/mol. The van der Waals surface area contributed by atoms with E-state index in [0.29, 0.717) is 17.4 Å². The molecule has 2 aliphatic rings. The number of carboxylic acids is 1. The second kappa shape index (κ2) is 18.6. The number of carbonyl (C=O) groups excluding carboxylic acids is 1. The number of carboxylic acid groups (broad SMARTS) is 1.